The summed E-state index contributed by atoms with van der Waals surface area (Å²) < 4.78 is 10.7. The van der Waals surface area contributed by atoms with Crippen molar-refractivity contribution >= 4 is 11.9 Å². The lowest BCUT2D eigenvalue weighted by Gasteiger charge is -2.26. The summed E-state index contributed by atoms with van der Waals surface area (Å²) in [5.74, 6) is -1.12. The van der Waals surface area contributed by atoms with E-state index in [1.807, 2.05) is 56.3 Å². The summed E-state index contributed by atoms with van der Waals surface area (Å²) in [5.41, 5.74) is 2.07. The van der Waals surface area contributed by atoms with Gasteiger partial charge in [0.1, 0.15) is 12.4 Å². The van der Waals surface area contributed by atoms with E-state index in [-0.39, 0.29) is 12.8 Å². The highest BCUT2D eigenvalue weighted by molar-refractivity contribution is 5.99. The van der Waals surface area contributed by atoms with Crippen LogP contribution in [0.15, 0.2) is 42.5 Å². The van der Waals surface area contributed by atoms with Gasteiger partial charge in [0, 0.05) is 0 Å². The van der Waals surface area contributed by atoms with Crippen LogP contribution in [0.4, 0.5) is 0 Å². The summed E-state index contributed by atoms with van der Waals surface area (Å²) in [6, 6.07) is 13.6. The molecule has 0 radical (unpaired) electrons. The van der Waals surface area contributed by atoms with Crippen LogP contribution in [0, 0.1) is 19.3 Å². The van der Waals surface area contributed by atoms with E-state index < -0.39 is 17.4 Å². The molecule has 0 aliphatic carbocycles. The average molecular weight is 370 g/mol. The minimum absolute atomic E-state index is 0.0755. The first kappa shape index (κ1) is 20.5. The lowest BCUT2D eigenvalue weighted by molar-refractivity contribution is -0.167. The number of aryl methyl sites for hydroxylation is 2. The Hall–Kier alpha value is -2.82. The molecular formula is C22H26O5. The van der Waals surface area contributed by atoms with Gasteiger partial charge in [-0.15, -0.1) is 0 Å². The number of ether oxygens (including phenoxy) is 2. The zero-order valence-electron chi connectivity index (χ0n) is 16.2. The summed E-state index contributed by atoms with van der Waals surface area (Å²) in [6.45, 7) is 5.98. The van der Waals surface area contributed by atoms with Crippen molar-refractivity contribution in [2.24, 2.45) is 5.41 Å². The zero-order chi connectivity index (χ0) is 20.0. The molecule has 5 nitrogen and oxygen atoms in total. The van der Waals surface area contributed by atoms with Crippen molar-refractivity contribution in [2.45, 2.75) is 40.2 Å². The number of hydrogen-bond acceptors (Lipinski definition) is 4. The normalized spacial score (nSPS) is 12.9. The van der Waals surface area contributed by atoms with E-state index in [0.29, 0.717) is 6.61 Å². The van der Waals surface area contributed by atoms with Crippen molar-refractivity contribution < 1.29 is 24.2 Å². The first-order chi connectivity index (χ1) is 12.8. The summed E-state index contributed by atoms with van der Waals surface area (Å²) in [5, 5.41) is 9.66. The van der Waals surface area contributed by atoms with E-state index in [2.05, 4.69) is 0 Å². The third kappa shape index (κ3) is 4.48. The lowest BCUT2D eigenvalue weighted by Crippen LogP contribution is -2.41. The van der Waals surface area contributed by atoms with Crippen LogP contribution in [0.1, 0.15) is 35.6 Å². The van der Waals surface area contributed by atoms with Gasteiger partial charge < -0.3 is 14.6 Å². The van der Waals surface area contributed by atoms with E-state index in [9.17, 15) is 14.7 Å². The molecule has 0 spiro atoms. The van der Waals surface area contributed by atoms with Crippen molar-refractivity contribution in [1.29, 1.82) is 0 Å². The van der Waals surface area contributed by atoms with Crippen LogP contribution in [-0.2, 0) is 27.4 Å². The number of carbonyl (C=O) groups is 2. The Morgan fingerprint density at radius 3 is 2.11 bits per heavy atom. The van der Waals surface area contributed by atoms with Gasteiger partial charge in [-0.2, -0.15) is 0 Å². The molecule has 0 heterocycles. The minimum atomic E-state index is -1.58. The van der Waals surface area contributed by atoms with Gasteiger partial charge >= 0.3 is 11.9 Å². The smallest absolute Gasteiger partial charge is 0.323 e. The number of methoxy groups -OCH3 is 1. The Labute approximate surface area is 159 Å². The van der Waals surface area contributed by atoms with Gasteiger partial charge in [0.25, 0.3) is 0 Å². The first-order valence-electron chi connectivity index (χ1n) is 8.92. The molecule has 0 aliphatic rings. The van der Waals surface area contributed by atoms with Gasteiger partial charge in [0.05, 0.1) is 7.11 Å². The Kier molecular flexibility index (Phi) is 6.61. The van der Waals surface area contributed by atoms with Gasteiger partial charge in [-0.3, -0.25) is 9.59 Å². The van der Waals surface area contributed by atoms with E-state index >= 15 is 0 Å². The molecule has 5 heteroatoms. The number of aliphatic carboxylic acids is 1. The zero-order valence-corrected chi connectivity index (χ0v) is 16.2. The van der Waals surface area contributed by atoms with Crippen LogP contribution >= 0.6 is 0 Å². The number of benzene rings is 2. The molecular weight excluding hydrogens is 344 g/mol. The highest BCUT2D eigenvalue weighted by Gasteiger charge is 2.46. The molecule has 0 aliphatic heterocycles. The second-order valence-corrected chi connectivity index (χ2v) is 6.74. The number of hydrogen-bond donors (Lipinski definition) is 1. The Morgan fingerprint density at radius 1 is 1.04 bits per heavy atom. The van der Waals surface area contributed by atoms with Crippen LogP contribution in [-0.4, -0.2) is 24.2 Å². The Bertz CT molecular complexity index is 790. The molecule has 1 atom stereocenters. The van der Waals surface area contributed by atoms with Gasteiger partial charge in [0.2, 0.25) is 0 Å². The Balaban J connectivity index is 2.27. The van der Waals surface area contributed by atoms with Crippen LogP contribution in [0.3, 0.4) is 0 Å². The molecule has 0 saturated heterocycles. The number of carbonyl (C=O) groups excluding carboxylic acids is 1. The lowest BCUT2D eigenvalue weighted by atomic mass is 9.78. The fourth-order valence-corrected chi connectivity index (χ4v) is 3.30. The quantitative estimate of drug-likeness (QED) is 0.560. The number of carboxylic acid groups (broad SMARTS) is 1. The maximum absolute atomic E-state index is 12.2. The molecule has 2 aromatic rings. The minimum Gasteiger partial charge on any atom is -0.488 e. The van der Waals surface area contributed by atoms with Crippen molar-refractivity contribution in [2.75, 3.05) is 7.11 Å². The summed E-state index contributed by atoms with van der Waals surface area (Å²) in [7, 11) is 1.21. The predicted molar refractivity (Wildman–Crippen MR) is 103 cm³/mol. The molecule has 2 aromatic carbocycles. The number of esters is 1. The highest BCUT2D eigenvalue weighted by Crippen LogP contribution is 2.33. The van der Waals surface area contributed by atoms with Gasteiger partial charge in [-0.05, 0) is 48.9 Å². The average Bonchev–Trinajstić information content (AvgIpc) is 2.65. The third-order valence-corrected chi connectivity index (χ3v) is 4.84. The van der Waals surface area contributed by atoms with Crippen molar-refractivity contribution in [1.82, 2.24) is 0 Å². The molecule has 0 amide bonds. The second kappa shape index (κ2) is 8.71. The number of carboxylic acids is 1. The van der Waals surface area contributed by atoms with Crippen molar-refractivity contribution in [3.63, 3.8) is 0 Å². The van der Waals surface area contributed by atoms with Crippen molar-refractivity contribution in [3.8, 4) is 5.75 Å². The van der Waals surface area contributed by atoms with E-state index in [4.69, 9.17) is 9.47 Å². The van der Waals surface area contributed by atoms with Crippen LogP contribution in [0.2, 0.25) is 0 Å². The fraction of sp³-hybridized carbons (Fsp3) is 0.364. The summed E-state index contributed by atoms with van der Waals surface area (Å²) >= 11 is 0. The molecule has 144 valence electrons. The molecule has 2 rings (SSSR count). The van der Waals surface area contributed by atoms with E-state index in [1.54, 1.807) is 6.92 Å². The maximum atomic E-state index is 12.2. The fourth-order valence-electron chi connectivity index (χ4n) is 3.30. The molecule has 0 fully saturated rings. The first-order valence-corrected chi connectivity index (χ1v) is 8.92. The van der Waals surface area contributed by atoms with Crippen LogP contribution in [0.25, 0.3) is 0 Å². The topological polar surface area (TPSA) is 72.8 Å². The monoisotopic (exact) mass is 370 g/mol. The molecule has 1 unspecified atom stereocenters. The second-order valence-electron chi connectivity index (χ2n) is 6.74. The predicted octanol–water partition coefficient (Wildman–Crippen LogP) is 4.08. The summed E-state index contributed by atoms with van der Waals surface area (Å²) in [6.07, 6.45) is 0.228. The van der Waals surface area contributed by atoms with E-state index in [0.717, 1.165) is 28.0 Å². The third-order valence-electron chi connectivity index (χ3n) is 4.84. The maximum Gasteiger partial charge on any atom is 0.323 e. The molecule has 0 aromatic heterocycles. The molecule has 0 bridgehead atoms. The van der Waals surface area contributed by atoms with Gasteiger partial charge in [-0.1, -0.05) is 49.4 Å². The van der Waals surface area contributed by atoms with Gasteiger partial charge in [-0.25, -0.2) is 0 Å². The summed E-state index contributed by atoms with van der Waals surface area (Å²) in [4.78, 5) is 24.0. The SMILES string of the molecule is CCC(Cc1cc(C)c(OCc2ccccc2)c(C)c1)(C(=O)O)C(=O)OC. The van der Waals surface area contributed by atoms with E-state index in [1.165, 1.54) is 7.11 Å². The van der Waals surface area contributed by atoms with Gasteiger partial charge in [0.15, 0.2) is 5.41 Å². The van der Waals surface area contributed by atoms with Crippen molar-refractivity contribution in [3.05, 3.63) is 64.7 Å². The van der Waals surface area contributed by atoms with Crippen LogP contribution < -0.4 is 4.74 Å². The molecule has 0 saturated carbocycles. The van der Waals surface area contributed by atoms with Crippen LogP contribution in [0.5, 0.6) is 5.75 Å². The molecule has 27 heavy (non-hydrogen) atoms. The highest BCUT2D eigenvalue weighted by atomic mass is 16.5. The Morgan fingerprint density at radius 2 is 1.63 bits per heavy atom. The number of rotatable bonds is 8. The molecule has 1 N–H and O–H groups in total. The largest absolute Gasteiger partial charge is 0.488 e. The standard InChI is InChI=1S/C22H26O5/c1-5-22(20(23)24,21(25)26-4)13-18-11-15(2)19(16(3)12-18)27-14-17-9-7-6-8-10-17/h6-12H,5,13-14H2,1-4H3,(H,23,24).